The molecule has 1 atom stereocenters. The first-order valence-corrected chi connectivity index (χ1v) is 8.49. The predicted molar refractivity (Wildman–Crippen MR) is 92.9 cm³/mol. The van der Waals surface area contributed by atoms with E-state index < -0.39 is 0 Å². The van der Waals surface area contributed by atoms with E-state index in [1.54, 1.807) is 11.3 Å². The molecule has 1 aromatic carbocycles. The number of thiophene rings is 1. The third-order valence-corrected chi connectivity index (χ3v) is 4.98. The Bertz CT molecular complexity index is 583. The van der Waals surface area contributed by atoms with Crippen molar-refractivity contribution < 1.29 is 0 Å². The fraction of sp³-hybridized carbons (Fsp3) is 0.333. The lowest BCUT2D eigenvalue weighted by atomic mass is 10.1. The second kappa shape index (κ2) is 6.94. The summed E-state index contributed by atoms with van der Waals surface area (Å²) in [5, 5.41) is 2.87. The fourth-order valence-corrected chi connectivity index (χ4v) is 3.97. The van der Waals surface area contributed by atoms with Gasteiger partial charge in [-0.05, 0) is 53.0 Å². The molecule has 1 aromatic heterocycles. The van der Waals surface area contributed by atoms with Gasteiger partial charge in [-0.3, -0.25) is 0 Å². The lowest BCUT2D eigenvalue weighted by molar-refractivity contribution is 0.738. The zero-order chi connectivity index (χ0) is 14.7. The van der Waals surface area contributed by atoms with E-state index in [-0.39, 0.29) is 6.04 Å². The van der Waals surface area contributed by atoms with Crippen LogP contribution in [0.25, 0.3) is 0 Å². The molecule has 1 heterocycles. The quantitative estimate of drug-likeness (QED) is 0.823. The van der Waals surface area contributed by atoms with Gasteiger partial charge in [-0.15, -0.1) is 11.3 Å². The Hall–Kier alpha value is -0.550. The van der Waals surface area contributed by atoms with Crippen molar-refractivity contribution in [3.8, 4) is 0 Å². The van der Waals surface area contributed by atoms with E-state index in [4.69, 9.17) is 17.3 Å². The summed E-state index contributed by atoms with van der Waals surface area (Å²) in [6.45, 7) is 2.85. The highest BCUT2D eigenvalue weighted by Gasteiger charge is 2.09. The van der Waals surface area contributed by atoms with Crippen LogP contribution in [0.5, 0.6) is 0 Å². The zero-order valence-electron chi connectivity index (χ0n) is 11.6. The molecular weight excluding hydrogens is 356 g/mol. The monoisotopic (exact) mass is 372 g/mol. The molecule has 0 aliphatic heterocycles. The Balaban J connectivity index is 2.11. The van der Waals surface area contributed by atoms with Gasteiger partial charge >= 0.3 is 0 Å². The van der Waals surface area contributed by atoms with Gasteiger partial charge in [0.05, 0.1) is 17.3 Å². The molecular formula is C15H18BrClN2S. The first kappa shape index (κ1) is 15.8. The van der Waals surface area contributed by atoms with Gasteiger partial charge in [0, 0.05) is 27.8 Å². The fourth-order valence-electron chi connectivity index (χ4n) is 2.11. The van der Waals surface area contributed by atoms with E-state index in [1.165, 1.54) is 10.4 Å². The smallest absolute Gasteiger partial charge is 0.0642 e. The van der Waals surface area contributed by atoms with Gasteiger partial charge < -0.3 is 10.6 Å². The summed E-state index contributed by atoms with van der Waals surface area (Å²) in [7, 11) is 2.06. The van der Waals surface area contributed by atoms with Gasteiger partial charge in [-0.25, -0.2) is 0 Å². The van der Waals surface area contributed by atoms with Crippen molar-refractivity contribution in [1.29, 1.82) is 0 Å². The molecule has 0 bridgehead atoms. The minimum absolute atomic E-state index is 0.151. The Kier molecular flexibility index (Phi) is 5.49. The van der Waals surface area contributed by atoms with Crippen LogP contribution in [0, 0.1) is 0 Å². The number of rotatable bonds is 5. The van der Waals surface area contributed by atoms with Crippen LogP contribution in [0.2, 0.25) is 5.02 Å². The van der Waals surface area contributed by atoms with E-state index in [0.717, 1.165) is 28.1 Å². The van der Waals surface area contributed by atoms with Crippen LogP contribution in [0.1, 0.15) is 17.4 Å². The van der Waals surface area contributed by atoms with Crippen molar-refractivity contribution in [1.82, 2.24) is 0 Å². The SMILES string of the molecule is CC(N)Cc1ccc(N(C)Cc2cc(Br)cs2)c(Cl)c1. The van der Waals surface area contributed by atoms with Gasteiger partial charge in [0.2, 0.25) is 0 Å². The van der Waals surface area contributed by atoms with Gasteiger partial charge in [-0.1, -0.05) is 17.7 Å². The molecule has 2 N–H and O–H groups in total. The van der Waals surface area contributed by atoms with Crippen molar-refractivity contribution in [2.24, 2.45) is 5.73 Å². The zero-order valence-corrected chi connectivity index (χ0v) is 14.7. The second-order valence-electron chi connectivity index (χ2n) is 5.05. The summed E-state index contributed by atoms with van der Waals surface area (Å²) < 4.78 is 1.13. The highest BCUT2D eigenvalue weighted by Crippen LogP contribution is 2.29. The maximum absolute atomic E-state index is 6.39. The Labute approximate surface area is 137 Å². The van der Waals surface area contributed by atoms with Crippen LogP contribution in [-0.4, -0.2) is 13.1 Å². The molecule has 0 fully saturated rings. The number of nitrogens with two attached hydrogens (primary N) is 1. The summed E-state index contributed by atoms with van der Waals surface area (Å²) in [6.07, 6.45) is 0.849. The lowest BCUT2D eigenvalue weighted by Crippen LogP contribution is -2.18. The number of hydrogen-bond acceptors (Lipinski definition) is 3. The maximum Gasteiger partial charge on any atom is 0.0642 e. The molecule has 0 spiro atoms. The standard InChI is InChI=1S/C15H18BrClN2S/c1-10(18)5-11-3-4-15(14(17)6-11)19(2)8-13-7-12(16)9-20-13/h3-4,6-7,9-10H,5,8,18H2,1-2H3. The van der Waals surface area contributed by atoms with Crippen molar-refractivity contribution >= 4 is 44.6 Å². The van der Waals surface area contributed by atoms with Gasteiger partial charge in [-0.2, -0.15) is 0 Å². The van der Waals surface area contributed by atoms with E-state index in [9.17, 15) is 0 Å². The van der Waals surface area contributed by atoms with Crippen molar-refractivity contribution in [2.75, 3.05) is 11.9 Å². The summed E-state index contributed by atoms with van der Waals surface area (Å²) >= 11 is 11.6. The molecule has 1 unspecified atom stereocenters. The molecule has 0 aliphatic rings. The third-order valence-electron chi connectivity index (χ3n) is 3.00. The topological polar surface area (TPSA) is 29.3 Å². The Morgan fingerprint density at radius 1 is 1.40 bits per heavy atom. The molecule has 20 heavy (non-hydrogen) atoms. The van der Waals surface area contributed by atoms with Crippen LogP contribution in [-0.2, 0) is 13.0 Å². The normalized spacial score (nSPS) is 12.4. The predicted octanol–water partition coefficient (Wildman–Crippen LogP) is 4.69. The van der Waals surface area contributed by atoms with Crippen molar-refractivity contribution in [3.63, 3.8) is 0 Å². The van der Waals surface area contributed by atoms with Crippen LogP contribution < -0.4 is 10.6 Å². The minimum Gasteiger partial charge on any atom is -0.368 e. The van der Waals surface area contributed by atoms with Gasteiger partial charge in [0.25, 0.3) is 0 Å². The summed E-state index contributed by atoms with van der Waals surface area (Å²) in [5.41, 5.74) is 8.05. The Morgan fingerprint density at radius 2 is 2.15 bits per heavy atom. The van der Waals surface area contributed by atoms with Crippen LogP contribution in [0.4, 0.5) is 5.69 Å². The highest BCUT2D eigenvalue weighted by atomic mass is 79.9. The van der Waals surface area contributed by atoms with E-state index >= 15 is 0 Å². The highest BCUT2D eigenvalue weighted by molar-refractivity contribution is 9.10. The summed E-state index contributed by atoms with van der Waals surface area (Å²) in [6, 6.07) is 8.48. The summed E-state index contributed by atoms with van der Waals surface area (Å²) in [5.74, 6) is 0. The molecule has 0 aliphatic carbocycles. The molecule has 108 valence electrons. The number of hydrogen-bond donors (Lipinski definition) is 1. The number of anilines is 1. The second-order valence-corrected chi connectivity index (χ2v) is 7.37. The molecule has 2 rings (SSSR count). The first-order valence-electron chi connectivity index (χ1n) is 6.43. The molecule has 0 amide bonds. The molecule has 2 nitrogen and oxygen atoms in total. The van der Waals surface area contributed by atoms with E-state index in [2.05, 4.69) is 51.5 Å². The Morgan fingerprint density at radius 3 is 2.70 bits per heavy atom. The number of halogens is 2. The van der Waals surface area contributed by atoms with Crippen LogP contribution in [0.3, 0.4) is 0 Å². The van der Waals surface area contributed by atoms with Crippen molar-refractivity contribution in [3.05, 3.63) is 49.6 Å². The first-order chi connectivity index (χ1) is 9.45. The average Bonchev–Trinajstić information content (AvgIpc) is 2.73. The van der Waals surface area contributed by atoms with Crippen LogP contribution in [0.15, 0.2) is 34.1 Å². The average molecular weight is 374 g/mol. The lowest BCUT2D eigenvalue weighted by Gasteiger charge is -2.20. The molecule has 0 radical (unpaired) electrons. The maximum atomic E-state index is 6.39. The summed E-state index contributed by atoms with van der Waals surface area (Å²) in [4.78, 5) is 3.46. The largest absolute Gasteiger partial charge is 0.368 e. The van der Waals surface area contributed by atoms with Crippen molar-refractivity contribution in [2.45, 2.75) is 25.9 Å². The number of benzene rings is 1. The molecule has 0 saturated heterocycles. The minimum atomic E-state index is 0.151. The molecule has 0 saturated carbocycles. The molecule has 5 heteroatoms. The van der Waals surface area contributed by atoms with E-state index in [1.807, 2.05) is 13.0 Å². The molecule has 2 aromatic rings. The third kappa shape index (κ3) is 4.22. The number of nitrogens with zero attached hydrogens (tertiary/aromatic N) is 1. The van der Waals surface area contributed by atoms with Gasteiger partial charge in [0.15, 0.2) is 0 Å². The van der Waals surface area contributed by atoms with Gasteiger partial charge in [0.1, 0.15) is 0 Å². The van der Waals surface area contributed by atoms with E-state index in [0.29, 0.717) is 0 Å². The van der Waals surface area contributed by atoms with Crippen LogP contribution >= 0.6 is 38.9 Å².